The summed E-state index contributed by atoms with van der Waals surface area (Å²) >= 11 is 0. The zero-order valence-corrected chi connectivity index (χ0v) is 12.8. The fourth-order valence-corrected chi connectivity index (χ4v) is 1.93. The van der Waals surface area contributed by atoms with Gasteiger partial charge in [0.2, 0.25) is 5.91 Å². The molecule has 0 aliphatic heterocycles. The lowest BCUT2D eigenvalue weighted by Crippen LogP contribution is -2.54. The van der Waals surface area contributed by atoms with Gasteiger partial charge >= 0.3 is 0 Å². The van der Waals surface area contributed by atoms with E-state index in [1.165, 1.54) is 0 Å². The van der Waals surface area contributed by atoms with E-state index in [4.69, 9.17) is 5.73 Å². The predicted octanol–water partition coefficient (Wildman–Crippen LogP) is 0.112. The second kappa shape index (κ2) is 7.71. The van der Waals surface area contributed by atoms with Crippen molar-refractivity contribution in [3.63, 3.8) is 0 Å². The van der Waals surface area contributed by atoms with Crippen molar-refractivity contribution in [1.29, 1.82) is 0 Å². The van der Waals surface area contributed by atoms with Crippen molar-refractivity contribution in [2.45, 2.75) is 38.3 Å². The third-order valence-corrected chi connectivity index (χ3v) is 3.67. The first kappa shape index (κ1) is 17.4. The maximum absolute atomic E-state index is 11.4. The highest BCUT2D eigenvalue weighted by molar-refractivity contribution is 5.84. The molecule has 0 heterocycles. The molecule has 5 nitrogen and oxygen atoms in total. The molecule has 0 rings (SSSR count). The molecule has 3 N–H and O–H groups in total. The number of hydrogen-bond acceptors (Lipinski definition) is 4. The molecule has 2 atom stereocenters. The van der Waals surface area contributed by atoms with Gasteiger partial charge in [0.1, 0.15) is 0 Å². The molecule has 0 spiro atoms. The lowest BCUT2D eigenvalue weighted by Gasteiger charge is -2.33. The first-order chi connectivity index (χ1) is 8.23. The van der Waals surface area contributed by atoms with Crippen molar-refractivity contribution < 1.29 is 4.79 Å². The van der Waals surface area contributed by atoms with E-state index in [0.717, 1.165) is 25.9 Å². The van der Waals surface area contributed by atoms with Crippen molar-refractivity contribution in [2.75, 3.05) is 41.3 Å². The van der Waals surface area contributed by atoms with E-state index in [1.54, 1.807) is 7.05 Å². The quantitative estimate of drug-likeness (QED) is 0.616. The normalized spacial score (nSPS) is 16.9. The molecule has 0 aromatic heterocycles. The average molecular weight is 258 g/mol. The number of rotatable bonds is 9. The molecule has 108 valence electrons. The molecule has 0 saturated carbocycles. The fourth-order valence-electron chi connectivity index (χ4n) is 1.93. The van der Waals surface area contributed by atoms with E-state index < -0.39 is 5.54 Å². The Kier molecular flexibility index (Phi) is 7.43. The summed E-state index contributed by atoms with van der Waals surface area (Å²) in [6.45, 7) is 6.10. The smallest absolute Gasteiger partial charge is 0.237 e. The molecule has 0 aromatic carbocycles. The van der Waals surface area contributed by atoms with Crippen LogP contribution in [0.4, 0.5) is 0 Å². The number of hydrogen-bond donors (Lipinski definition) is 2. The summed E-state index contributed by atoms with van der Waals surface area (Å²) in [6.07, 6.45) is 1.85. The lowest BCUT2D eigenvalue weighted by molar-refractivity contribution is -0.124. The van der Waals surface area contributed by atoms with Gasteiger partial charge in [-0.3, -0.25) is 4.79 Å². The molecule has 18 heavy (non-hydrogen) atoms. The minimum atomic E-state index is -0.630. The van der Waals surface area contributed by atoms with Gasteiger partial charge in [0, 0.05) is 6.04 Å². The Morgan fingerprint density at radius 1 is 1.33 bits per heavy atom. The van der Waals surface area contributed by atoms with Crippen LogP contribution in [0.2, 0.25) is 0 Å². The minimum Gasteiger partial charge on any atom is -0.368 e. The largest absolute Gasteiger partial charge is 0.368 e. The van der Waals surface area contributed by atoms with E-state index in [9.17, 15) is 4.79 Å². The van der Waals surface area contributed by atoms with Crippen LogP contribution in [0, 0.1) is 0 Å². The van der Waals surface area contributed by atoms with Gasteiger partial charge in [-0.15, -0.1) is 0 Å². The Labute approximate surface area is 112 Å². The highest BCUT2D eigenvalue weighted by Crippen LogP contribution is 2.15. The molecule has 0 radical (unpaired) electrons. The molecule has 0 aromatic rings. The number of carbonyl (C=O) groups excluding carboxylic acids is 1. The number of amides is 1. The third kappa shape index (κ3) is 5.80. The standard InChI is InChI=1S/C13H30N4O/c1-11(10-13(2,15-3)12(14)18)17(6)9-7-8-16(4)5/h11,15H,7-10H2,1-6H3,(H2,14,18). The average Bonchev–Trinajstić information content (AvgIpc) is 2.27. The van der Waals surface area contributed by atoms with E-state index in [1.807, 2.05) is 6.92 Å². The lowest BCUT2D eigenvalue weighted by atomic mass is 9.92. The van der Waals surface area contributed by atoms with Crippen molar-refractivity contribution >= 4 is 5.91 Å². The Morgan fingerprint density at radius 2 is 1.89 bits per heavy atom. The van der Waals surface area contributed by atoms with Crippen LogP contribution < -0.4 is 11.1 Å². The monoisotopic (exact) mass is 258 g/mol. The van der Waals surface area contributed by atoms with Crippen LogP contribution in [0.5, 0.6) is 0 Å². The van der Waals surface area contributed by atoms with Gasteiger partial charge in [0.25, 0.3) is 0 Å². The zero-order chi connectivity index (χ0) is 14.3. The van der Waals surface area contributed by atoms with Gasteiger partial charge in [-0.05, 0) is 68.0 Å². The van der Waals surface area contributed by atoms with Gasteiger partial charge in [0.05, 0.1) is 5.54 Å². The summed E-state index contributed by atoms with van der Waals surface area (Å²) in [7, 11) is 8.03. The molecule has 5 heteroatoms. The van der Waals surface area contributed by atoms with Crippen molar-refractivity contribution in [3.05, 3.63) is 0 Å². The number of primary amides is 1. The predicted molar refractivity (Wildman–Crippen MR) is 76.5 cm³/mol. The zero-order valence-electron chi connectivity index (χ0n) is 12.8. The Balaban J connectivity index is 4.21. The SMILES string of the molecule is CNC(C)(CC(C)N(C)CCCN(C)C)C(N)=O. The van der Waals surface area contributed by atoms with Gasteiger partial charge in [-0.25, -0.2) is 0 Å². The van der Waals surface area contributed by atoms with Crippen LogP contribution in [-0.2, 0) is 4.79 Å². The summed E-state index contributed by atoms with van der Waals surface area (Å²) in [5, 5.41) is 3.03. The van der Waals surface area contributed by atoms with Crippen LogP contribution in [0.3, 0.4) is 0 Å². The van der Waals surface area contributed by atoms with Crippen LogP contribution in [-0.4, -0.2) is 68.6 Å². The molecule has 0 aliphatic carbocycles. The topological polar surface area (TPSA) is 61.6 Å². The van der Waals surface area contributed by atoms with Crippen LogP contribution in [0.1, 0.15) is 26.7 Å². The maximum atomic E-state index is 11.4. The Hall–Kier alpha value is -0.650. The number of likely N-dealkylation sites (N-methyl/N-ethyl adjacent to an activating group) is 1. The third-order valence-electron chi connectivity index (χ3n) is 3.67. The highest BCUT2D eigenvalue weighted by atomic mass is 16.1. The summed E-state index contributed by atoms with van der Waals surface area (Å²) in [5.41, 5.74) is 4.81. The van der Waals surface area contributed by atoms with Crippen molar-refractivity contribution in [2.24, 2.45) is 5.73 Å². The first-order valence-corrected chi connectivity index (χ1v) is 6.56. The first-order valence-electron chi connectivity index (χ1n) is 6.56. The highest BCUT2D eigenvalue weighted by Gasteiger charge is 2.31. The molecule has 0 fully saturated rings. The Bertz CT molecular complexity index is 257. The number of nitrogens with two attached hydrogens (primary N) is 1. The van der Waals surface area contributed by atoms with E-state index in [-0.39, 0.29) is 5.91 Å². The van der Waals surface area contributed by atoms with Crippen LogP contribution in [0.25, 0.3) is 0 Å². The van der Waals surface area contributed by atoms with Crippen LogP contribution in [0.15, 0.2) is 0 Å². The second-order valence-corrected chi connectivity index (χ2v) is 5.64. The van der Waals surface area contributed by atoms with Crippen molar-refractivity contribution in [1.82, 2.24) is 15.1 Å². The second-order valence-electron chi connectivity index (χ2n) is 5.64. The molecular weight excluding hydrogens is 228 g/mol. The van der Waals surface area contributed by atoms with E-state index in [0.29, 0.717) is 6.04 Å². The van der Waals surface area contributed by atoms with Gasteiger partial charge in [0.15, 0.2) is 0 Å². The molecule has 1 amide bonds. The van der Waals surface area contributed by atoms with Crippen LogP contribution >= 0.6 is 0 Å². The molecule has 0 bridgehead atoms. The molecule has 0 aliphatic rings. The summed E-state index contributed by atoms with van der Waals surface area (Å²) in [6, 6.07) is 0.317. The van der Waals surface area contributed by atoms with Gasteiger partial charge < -0.3 is 20.9 Å². The molecule has 0 saturated heterocycles. The van der Waals surface area contributed by atoms with Gasteiger partial charge in [-0.2, -0.15) is 0 Å². The van der Waals surface area contributed by atoms with E-state index in [2.05, 4.69) is 43.2 Å². The molecule has 2 unspecified atom stereocenters. The minimum absolute atomic E-state index is 0.293. The number of carbonyl (C=O) groups is 1. The van der Waals surface area contributed by atoms with E-state index >= 15 is 0 Å². The number of nitrogens with one attached hydrogen (secondary N) is 1. The summed E-state index contributed by atoms with van der Waals surface area (Å²) in [4.78, 5) is 15.9. The Morgan fingerprint density at radius 3 is 2.28 bits per heavy atom. The fraction of sp³-hybridized carbons (Fsp3) is 0.923. The van der Waals surface area contributed by atoms with Gasteiger partial charge in [-0.1, -0.05) is 0 Å². The number of nitrogens with zero attached hydrogens (tertiary/aromatic N) is 2. The summed E-state index contributed by atoms with van der Waals surface area (Å²) in [5.74, 6) is -0.293. The summed E-state index contributed by atoms with van der Waals surface area (Å²) < 4.78 is 0. The van der Waals surface area contributed by atoms with Crippen molar-refractivity contribution in [3.8, 4) is 0 Å². The molecular formula is C13H30N4O. The maximum Gasteiger partial charge on any atom is 0.237 e.